The number of allylic oxidation sites excluding steroid dienone is 6. The van der Waals surface area contributed by atoms with Crippen LogP contribution >= 0.6 is 0 Å². The maximum Gasteiger partial charge on any atom is 0.306 e. The number of aliphatic hydroxyl groups excluding tert-OH is 7. The maximum absolute atomic E-state index is 13.0. The molecule has 2 rings (SSSR count). The summed E-state index contributed by atoms with van der Waals surface area (Å²) < 4.78 is 33.6. The van der Waals surface area contributed by atoms with Crippen LogP contribution < -0.4 is 0 Å². The van der Waals surface area contributed by atoms with Crippen molar-refractivity contribution >= 4 is 11.9 Å². The molecule has 0 aromatic carbocycles. The number of ether oxygens (including phenoxy) is 6. The Hall–Kier alpha value is -2.28. The second kappa shape index (κ2) is 39.4. The lowest BCUT2D eigenvalue weighted by Crippen LogP contribution is -2.61. The number of carbonyl (C=O) groups excluding carboxylic acids is 2. The van der Waals surface area contributed by atoms with E-state index >= 15 is 0 Å². The molecule has 390 valence electrons. The fraction of sp³-hybridized carbons (Fsp3) is 0.846. The summed E-state index contributed by atoms with van der Waals surface area (Å²) in [7, 11) is 0. The van der Waals surface area contributed by atoms with E-state index in [2.05, 4.69) is 50.3 Å². The van der Waals surface area contributed by atoms with Gasteiger partial charge in [0.2, 0.25) is 0 Å². The number of rotatable bonds is 40. The molecule has 4 unspecified atom stereocenters. The molecule has 0 aromatic rings. The monoisotopic (exact) mass is 957 g/mol. The normalized spacial score (nSPS) is 26.2. The summed E-state index contributed by atoms with van der Waals surface area (Å²) in [5.41, 5.74) is 0. The third-order valence-corrected chi connectivity index (χ3v) is 12.3. The summed E-state index contributed by atoms with van der Waals surface area (Å²) in [6.45, 7) is 2.53. The van der Waals surface area contributed by atoms with Gasteiger partial charge in [-0.15, -0.1) is 0 Å². The number of aliphatic hydroxyl groups is 7. The zero-order valence-electron chi connectivity index (χ0n) is 41.1. The fourth-order valence-corrected chi connectivity index (χ4v) is 7.99. The molecule has 0 radical (unpaired) electrons. The molecule has 15 heteroatoms. The zero-order chi connectivity index (χ0) is 48.9. The molecule has 0 amide bonds. The Bertz CT molecular complexity index is 1310. The van der Waals surface area contributed by atoms with E-state index < -0.39 is 92.7 Å². The van der Waals surface area contributed by atoms with Crippen molar-refractivity contribution in [2.75, 3.05) is 26.4 Å². The van der Waals surface area contributed by atoms with Crippen molar-refractivity contribution in [3.8, 4) is 0 Å². The van der Waals surface area contributed by atoms with Crippen molar-refractivity contribution < 1.29 is 73.8 Å². The second-order valence-electron chi connectivity index (χ2n) is 18.3. The third kappa shape index (κ3) is 27.6. The van der Waals surface area contributed by atoms with Crippen LogP contribution in [0.25, 0.3) is 0 Å². The van der Waals surface area contributed by atoms with Gasteiger partial charge in [0.05, 0.1) is 19.8 Å². The van der Waals surface area contributed by atoms with E-state index in [9.17, 15) is 45.3 Å². The fourth-order valence-electron chi connectivity index (χ4n) is 7.99. The van der Waals surface area contributed by atoms with Gasteiger partial charge in [-0.25, -0.2) is 0 Å². The first-order valence-electron chi connectivity index (χ1n) is 26.1. The third-order valence-electron chi connectivity index (χ3n) is 12.3. The summed E-state index contributed by atoms with van der Waals surface area (Å²) in [4.78, 5) is 25.8. The predicted octanol–water partition coefficient (Wildman–Crippen LogP) is 7.32. The van der Waals surface area contributed by atoms with E-state index in [1.54, 1.807) is 0 Å². The van der Waals surface area contributed by atoms with Gasteiger partial charge in [-0.2, -0.15) is 0 Å². The Morgan fingerprint density at radius 3 is 1.45 bits per heavy atom. The average Bonchev–Trinajstić information content (AvgIpc) is 3.32. The van der Waals surface area contributed by atoms with Gasteiger partial charge < -0.3 is 64.2 Å². The highest BCUT2D eigenvalue weighted by atomic mass is 16.7. The lowest BCUT2D eigenvalue weighted by molar-refractivity contribution is -0.332. The van der Waals surface area contributed by atoms with Gasteiger partial charge in [0.1, 0.15) is 55.4 Å². The maximum atomic E-state index is 13.0. The Balaban J connectivity index is 1.81. The number of carbonyl (C=O) groups is 2. The van der Waals surface area contributed by atoms with Crippen molar-refractivity contribution in [3.05, 3.63) is 36.5 Å². The molecule has 2 aliphatic heterocycles. The first kappa shape index (κ1) is 60.8. The molecule has 2 aliphatic rings. The second-order valence-corrected chi connectivity index (χ2v) is 18.3. The van der Waals surface area contributed by atoms with Gasteiger partial charge in [-0.05, 0) is 64.2 Å². The summed E-state index contributed by atoms with van der Waals surface area (Å²) in [5.74, 6) is -0.944. The largest absolute Gasteiger partial charge is 0.462 e. The summed E-state index contributed by atoms with van der Waals surface area (Å²) in [6.07, 6.45) is 24.5. The van der Waals surface area contributed by atoms with E-state index in [4.69, 9.17) is 28.4 Å². The van der Waals surface area contributed by atoms with Gasteiger partial charge in [-0.3, -0.25) is 9.59 Å². The quantitative estimate of drug-likeness (QED) is 0.0181. The van der Waals surface area contributed by atoms with Crippen molar-refractivity contribution in [2.45, 2.75) is 255 Å². The first-order chi connectivity index (χ1) is 32.5. The van der Waals surface area contributed by atoms with Gasteiger partial charge in [0.25, 0.3) is 0 Å². The molecular weight excluding hydrogens is 865 g/mol. The first-order valence-corrected chi connectivity index (χ1v) is 26.1. The Kier molecular flexibility index (Phi) is 35.8. The molecule has 0 bridgehead atoms. The van der Waals surface area contributed by atoms with Crippen LogP contribution in [0.5, 0.6) is 0 Å². The number of unbranched alkanes of at least 4 members (excludes halogenated alkanes) is 20. The molecule has 67 heavy (non-hydrogen) atoms. The molecule has 7 N–H and O–H groups in total. The SMILES string of the molecule is CCCC/C=C/C/C=C/CCCCCCCC(=O)OC[C@H](CO[C@H]1O[C@@H](CO[C@H]2O[C@@H](CO)[C@@H](O)C(O)C2O)[C@@H](O)C(O)C1O)OC(=O)CCCCCCCCC/C=C/CCCCCCCC. The van der Waals surface area contributed by atoms with Crippen LogP contribution in [0.3, 0.4) is 0 Å². The van der Waals surface area contributed by atoms with E-state index in [0.29, 0.717) is 12.8 Å². The molecule has 15 nitrogen and oxygen atoms in total. The smallest absolute Gasteiger partial charge is 0.306 e. The number of hydrogen-bond donors (Lipinski definition) is 7. The van der Waals surface area contributed by atoms with Crippen LogP contribution in [-0.2, 0) is 38.0 Å². The molecule has 2 heterocycles. The Labute approximate surface area is 402 Å². The summed E-state index contributed by atoms with van der Waals surface area (Å²) >= 11 is 0. The van der Waals surface area contributed by atoms with Crippen LogP contribution in [0.15, 0.2) is 36.5 Å². The molecule has 0 saturated carbocycles. The summed E-state index contributed by atoms with van der Waals surface area (Å²) in [6, 6.07) is 0. The van der Waals surface area contributed by atoms with Crippen LogP contribution in [0, 0.1) is 0 Å². The molecule has 2 saturated heterocycles. The zero-order valence-corrected chi connectivity index (χ0v) is 41.1. The minimum absolute atomic E-state index is 0.157. The molecule has 0 spiro atoms. The lowest BCUT2D eigenvalue weighted by Gasteiger charge is -2.42. The lowest BCUT2D eigenvalue weighted by atomic mass is 9.98. The molecule has 0 aromatic heterocycles. The highest BCUT2D eigenvalue weighted by Gasteiger charge is 2.47. The van der Waals surface area contributed by atoms with Gasteiger partial charge in [-0.1, -0.05) is 147 Å². The van der Waals surface area contributed by atoms with E-state index in [-0.39, 0.29) is 26.1 Å². The van der Waals surface area contributed by atoms with Gasteiger partial charge in [0.15, 0.2) is 18.7 Å². The van der Waals surface area contributed by atoms with E-state index in [1.807, 2.05) is 0 Å². The van der Waals surface area contributed by atoms with Gasteiger partial charge >= 0.3 is 11.9 Å². The van der Waals surface area contributed by atoms with Crippen LogP contribution in [0.2, 0.25) is 0 Å². The molecule has 0 aliphatic carbocycles. The minimum atomic E-state index is -1.77. The average molecular weight is 957 g/mol. The Morgan fingerprint density at radius 1 is 0.478 bits per heavy atom. The van der Waals surface area contributed by atoms with Crippen molar-refractivity contribution in [1.82, 2.24) is 0 Å². The van der Waals surface area contributed by atoms with Gasteiger partial charge in [0, 0.05) is 12.8 Å². The summed E-state index contributed by atoms with van der Waals surface area (Å²) in [5, 5.41) is 72.1. The molecule has 11 atom stereocenters. The van der Waals surface area contributed by atoms with E-state index in [0.717, 1.165) is 77.0 Å². The van der Waals surface area contributed by atoms with Crippen LogP contribution in [-0.4, -0.2) is 142 Å². The predicted molar refractivity (Wildman–Crippen MR) is 257 cm³/mol. The minimum Gasteiger partial charge on any atom is -0.462 e. The topological polar surface area (TPSA) is 231 Å². The van der Waals surface area contributed by atoms with Crippen LogP contribution in [0.4, 0.5) is 0 Å². The number of hydrogen-bond acceptors (Lipinski definition) is 15. The molecular formula is C52H92O15. The standard InChI is InChI=1S/C52H92O15/c1-3-5-7-9-11-13-15-17-19-20-21-23-25-27-29-31-33-35-44(55)65-40(37-62-43(54)34-32-30-28-26-24-22-18-16-14-12-10-8-6-4-2)38-63-51-50(61)48(59)46(57)42(67-51)39-64-52-49(60)47(58)45(56)41(36-53)66-52/h10,12,16-19,40-42,45-53,56-61H,3-9,11,13-15,20-39H2,1-2H3/b12-10+,18-16+,19-17+/t40-,41+,42+,45-,46-,47?,48?,49?,50?,51+,52+/m1/s1. The number of esters is 2. The van der Waals surface area contributed by atoms with Crippen molar-refractivity contribution in [1.29, 1.82) is 0 Å². The van der Waals surface area contributed by atoms with Crippen molar-refractivity contribution in [2.24, 2.45) is 0 Å². The Morgan fingerprint density at radius 2 is 0.910 bits per heavy atom. The molecule has 2 fully saturated rings. The van der Waals surface area contributed by atoms with Crippen molar-refractivity contribution in [3.63, 3.8) is 0 Å². The van der Waals surface area contributed by atoms with Crippen LogP contribution in [0.1, 0.15) is 187 Å². The van der Waals surface area contributed by atoms with E-state index in [1.165, 1.54) is 70.6 Å². The highest BCUT2D eigenvalue weighted by Crippen LogP contribution is 2.26. The highest BCUT2D eigenvalue weighted by molar-refractivity contribution is 5.70.